The maximum absolute atomic E-state index is 13.2. The number of hydrogen-bond donors (Lipinski definition) is 1. The first kappa shape index (κ1) is 17.3. The summed E-state index contributed by atoms with van der Waals surface area (Å²) in [4.78, 5) is 32.2. The number of hydrogen-bond acceptors (Lipinski definition) is 3. The molecule has 2 aliphatic rings. The molecule has 1 heterocycles. The first-order valence-corrected chi connectivity index (χ1v) is 9.49. The van der Waals surface area contributed by atoms with E-state index in [1.54, 1.807) is 0 Å². The number of nitrogens with zero attached hydrogens (tertiary/aromatic N) is 2. The zero-order valence-electron chi connectivity index (χ0n) is 15.7. The van der Waals surface area contributed by atoms with Gasteiger partial charge in [-0.25, -0.2) is 0 Å². The van der Waals surface area contributed by atoms with Crippen LogP contribution in [0.1, 0.15) is 36.0 Å². The summed E-state index contributed by atoms with van der Waals surface area (Å²) >= 11 is 0. The molecule has 0 aliphatic heterocycles. The van der Waals surface area contributed by atoms with Crippen molar-refractivity contribution in [3.63, 3.8) is 0 Å². The third-order valence-electron chi connectivity index (χ3n) is 6.55. The fourth-order valence-electron chi connectivity index (χ4n) is 5.03. The standard InChI is InChI=1S/C21H27N3O2/c1-23(2)15-8-13-10-16(11-14(13)9-15)24(3)21(26)18-12-20(25)22-19-7-5-4-6-17(18)19/h4-7,12-16H,8-11H2,1-3H3,(H,22,25)/t13-,14+,15?,16?. The zero-order valence-corrected chi connectivity index (χ0v) is 15.7. The number of carbonyl (C=O) groups excluding carboxylic acids is 1. The SMILES string of the molecule is CN(C)C1C[C@@H]2CC(N(C)C(=O)c3cc(=O)[nH]c4ccccc34)C[C@@H]2C1. The van der Waals surface area contributed by atoms with Gasteiger partial charge in [0, 0.05) is 36.1 Å². The van der Waals surface area contributed by atoms with Gasteiger partial charge in [0.1, 0.15) is 0 Å². The number of pyridine rings is 1. The van der Waals surface area contributed by atoms with Crippen molar-refractivity contribution in [1.82, 2.24) is 14.8 Å². The van der Waals surface area contributed by atoms with E-state index >= 15 is 0 Å². The molecule has 138 valence electrons. The molecular weight excluding hydrogens is 326 g/mol. The van der Waals surface area contributed by atoms with Crippen molar-refractivity contribution in [1.29, 1.82) is 0 Å². The molecule has 0 spiro atoms. The molecule has 0 saturated heterocycles. The molecule has 2 fully saturated rings. The molecular formula is C21H27N3O2. The molecule has 2 aliphatic carbocycles. The first-order valence-electron chi connectivity index (χ1n) is 9.49. The summed E-state index contributed by atoms with van der Waals surface area (Å²) in [6.07, 6.45) is 4.64. The molecule has 5 heteroatoms. The summed E-state index contributed by atoms with van der Waals surface area (Å²) in [6, 6.07) is 9.92. The van der Waals surface area contributed by atoms with Gasteiger partial charge in [-0.3, -0.25) is 9.59 Å². The second-order valence-corrected chi connectivity index (χ2v) is 8.24. The lowest BCUT2D eigenvalue weighted by molar-refractivity contribution is 0.0728. The number of rotatable bonds is 3. The van der Waals surface area contributed by atoms with E-state index < -0.39 is 0 Å². The van der Waals surface area contributed by atoms with Gasteiger partial charge < -0.3 is 14.8 Å². The Labute approximate surface area is 154 Å². The minimum Gasteiger partial charge on any atom is -0.339 e. The Balaban J connectivity index is 1.55. The van der Waals surface area contributed by atoms with Gasteiger partial charge in [-0.15, -0.1) is 0 Å². The van der Waals surface area contributed by atoms with Crippen molar-refractivity contribution >= 4 is 16.8 Å². The maximum atomic E-state index is 13.2. The highest BCUT2D eigenvalue weighted by atomic mass is 16.2. The molecule has 1 amide bonds. The fraction of sp³-hybridized carbons (Fsp3) is 0.524. The Morgan fingerprint density at radius 3 is 2.27 bits per heavy atom. The lowest BCUT2D eigenvalue weighted by Gasteiger charge is -2.27. The number of nitrogens with one attached hydrogen (secondary N) is 1. The van der Waals surface area contributed by atoms with Crippen LogP contribution >= 0.6 is 0 Å². The predicted octanol–water partition coefficient (Wildman–Crippen LogP) is 2.72. The van der Waals surface area contributed by atoms with E-state index in [1.165, 1.54) is 18.9 Å². The van der Waals surface area contributed by atoms with Crippen LogP contribution in [0.15, 0.2) is 35.1 Å². The molecule has 1 aromatic carbocycles. The minimum atomic E-state index is -0.224. The van der Waals surface area contributed by atoms with Gasteiger partial charge in [-0.2, -0.15) is 0 Å². The van der Waals surface area contributed by atoms with Crippen LogP contribution in [-0.4, -0.2) is 53.9 Å². The molecule has 0 bridgehead atoms. The van der Waals surface area contributed by atoms with Gasteiger partial charge in [-0.1, -0.05) is 18.2 Å². The molecule has 0 radical (unpaired) electrons. The van der Waals surface area contributed by atoms with Gasteiger partial charge in [0.2, 0.25) is 5.56 Å². The number of benzene rings is 1. The van der Waals surface area contributed by atoms with Gasteiger partial charge in [0.15, 0.2) is 0 Å². The number of amides is 1. The Morgan fingerprint density at radius 2 is 1.62 bits per heavy atom. The number of H-pyrrole nitrogens is 1. The summed E-state index contributed by atoms with van der Waals surface area (Å²) in [5, 5.41) is 0.815. The third kappa shape index (κ3) is 2.94. The van der Waals surface area contributed by atoms with Gasteiger partial charge in [-0.05, 0) is 57.7 Å². The molecule has 2 saturated carbocycles. The Bertz CT molecular complexity index is 874. The summed E-state index contributed by atoms with van der Waals surface area (Å²) < 4.78 is 0. The minimum absolute atomic E-state index is 0.0403. The average molecular weight is 353 g/mol. The normalized spacial score (nSPS) is 27.8. The molecule has 5 nitrogen and oxygen atoms in total. The van der Waals surface area contributed by atoms with Crippen LogP contribution in [0.3, 0.4) is 0 Å². The van der Waals surface area contributed by atoms with Crippen LogP contribution in [0.2, 0.25) is 0 Å². The van der Waals surface area contributed by atoms with E-state index in [1.807, 2.05) is 36.2 Å². The average Bonchev–Trinajstić information content (AvgIpc) is 3.18. The van der Waals surface area contributed by atoms with Gasteiger partial charge in [0.05, 0.1) is 5.56 Å². The van der Waals surface area contributed by atoms with Gasteiger partial charge >= 0.3 is 0 Å². The molecule has 2 unspecified atom stereocenters. The van der Waals surface area contributed by atoms with Crippen LogP contribution in [-0.2, 0) is 0 Å². The van der Waals surface area contributed by atoms with Crippen LogP contribution in [0.25, 0.3) is 10.9 Å². The third-order valence-corrected chi connectivity index (χ3v) is 6.55. The fourth-order valence-corrected chi connectivity index (χ4v) is 5.03. The largest absolute Gasteiger partial charge is 0.339 e. The molecule has 1 N–H and O–H groups in total. The number of carbonyl (C=O) groups is 1. The lowest BCUT2D eigenvalue weighted by atomic mass is 10.0. The van der Waals surface area contributed by atoms with E-state index in [2.05, 4.69) is 24.0 Å². The number of aromatic nitrogens is 1. The number of fused-ring (bicyclic) bond motifs is 2. The Hall–Kier alpha value is -2.14. The Morgan fingerprint density at radius 1 is 1.00 bits per heavy atom. The van der Waals surface area contributed by atoms with Crippen molar-refractivity contribution < 1.29 is 4.79 Å². The van der Waals surface area contributed by atoms with Crippen molar-refractivity contribution in [2.24, 2.45) is 11.8 Å². The molecule has 2 aromatic rings. The summed E-state index contributed by atoms with van der Waals surface area (Å²) in [7, 11) is 6.22. The van der Waals surface area contributed by atoms with Crippen LogP contribution in [0, 0.1) is 11.8 Å². The van der Waals surface area contributed by atoms with Crippen molar-refractivity contribution in [3.05, 3.63) is 46.2 Å². The quantitative estimate of drug-likeness (QED) is 0.923. The predicted molar refractivity (Wildman–Crippen MR) is 103 cm³/mol. The second kappa shape index (κ2) is 6.54. The van der Waals surface area contributed by atoms with E-state index in [4.69, 9.17) is 0 Å². The molecule has 4 rings (SSSR count). The van der Waals surface area contributed by atoms with E-state index in [-0.39, 0.29) is 17.5 Å². The molecule has 4 atom stereocenters. The first-order chi connectivity index (χ1) is 12.4. The zero-order chi connectivity index (χ0) is 18.4. The van der Waals surface area contributed by atoms with Crippen molar-refractivity contribution in [2.75, 3.05) is 21.1 Å². The van der Waals surface area contributed by atoms with E-state index in [9.17, 15) is 9.59 Å². The summed E-state index contributed by atoms with van der Waals surface area (Å²) in [6.45, 7) is 0. The topological polar surface area (TPSA) is 56.4 Å². The highest BCUT2D eigenvalue weighted by Gasteiger charge is 2.44. The summed E-state index contributed by atoms with van der Waals surface area (Å²) in [5.41, 5.74) is 1.00. The maximum Gasteiger partial charge on any atom is 0.254 e. The summed E-state index contributed by atoms with van der Waals surface area (Å²) in [5.74, 6) is 1.40. The monoisotopic (exact) mass is 353 g/mol. The van der Waals surface area contributed by atoms with Crippen LogP contribution in [0.5, 0.6) is 0 Å². The number of para-hydroxylation sites is 1. The molecule has 26 heavy (non-hydrogen) atoms. The van der Waals surface area contributed by atoms with E-state index in [0.29, 0.717) is 17.1 Å². The van der Waals surface area contributed by atoms with Crippen molar-refractivity contribution in [3.8, 4) is 0 Å². The van der Waals surface area contributed by atoms with E-state index in [0.717, 1.165) is 30.1 Å². The Kier molecular flexibility index (Phi) is 4.35. The van der Waals surface area contributed by atoms with Crippen LogP contribution in [0.4, 0.5) is 0 Å². The van der Waals surface area contributed by atoms with Crippen LogP contribution < -0.4 is 5.56 Å². The van der Waals surface area contributed by atoms with Gasteiger partial charge in [0.25, 0.3) is 5.91 Å². The highest BCUT2D eigenvalue weighted by Crippen LogP contribution is 2.46. The second-order valence-electron chi connectivity index (χ2n) is 8.24. The molecule has 1 aromatic heterocycles. The van der Waals surface area contributed by atoms with Crippen molar-refractivity contribution in [2.45, 2.75) is 37.8 Å². The smallest absolute Gasteiger partial charge is 0.254 e. The number of aromatic amines is 1. The highest BCUT2D eigenvalue weighted by molar-refractivity contribution is 6.05. The lowest BCUT2D eigenvalue weighted by Crippen LogP contribution is -2.37.